The highest BCUT2D eigenvalue weighted by atomic mass is 16.5. The van der Waals surface area contributed by atoms with Crippen LogP contribution in [0.25, 0.3) is 0 Å². The maximum Gasteiger partial charge on any atom is 0.317 e. The van der Waals surface area contributed by atoms with Gasteiger partial charge in [0.1, 0.15) is 6.10 Å². The summed E-state index contributed by atoms with van der Waals surface area (Å²) in [5.41, 5.74) is 0.840. The fourth-order valence-electron chi connectivity index (χ4n) is 3.26. The summed E-state index contributed by atoms with van der Waals surface area (Å²) in [6.45, 7) is 1.06. The topological polar surface area (TPSA) is 91.8 Å². The van der Waals surface area contributed by atoms with E-state index in [-0.39, 0.29) is 18.7 Å². The molecule has 24 heavy (non-hydrogen) atoms. The van der Waals surface area contributed by atoms with Crippen molar-refractivity contribution in [1.82, 2.24) is 15.2 Å². The molecule has 1 aliphatic heterocycles. The molecular weight excluding hydrogens is 310 g/mol. The van der Waals surface area contributed by atoms with Gasteiger partial charge in [0.05, 0.1) is 5.92 Å². The van der Waals surface area contributed by atoms with Crippen LogP contribution in [0.4, 0.5) is 4.79 Å². The number of aromatic nitrogens is 1. The lowest BCUT2D eigenvalue weighted by atomic mass is 10.1. The summed E-state index contributed by atoms with van der Waals surface area (Å²) in [6.07, 6.45) is 6.87. The number of hydrogen-bond acceptors (Lipinski definition) is 4. The molecule has 0 spiro atoms. The van der Waals surface area contributed by atoms with Gasteiger partial charge in [-0.3, -0.25) is 4.79 Å². The number of pyridine rings is 1. The number of carboxylic acid groups (broad SMARTS) is 1. The average molecular weight is 333 g/mol. The van der Waals surface area contributed by atoms with Crippen molar-refractivity contribution in [3.05, 3.63) is 23.9 Å². The number of rotatable bonds is 5. The van der Waals surface area contributed by atoms with Gasteiger partial charge in [0.15, 0.2) is 0 Å². The molecule has 1 unspecified atom stereocenters. The number of carbonyl (C=O) groups is 2. The van der Waals surface area contributed by atoms with E-state index in [2.05, 4.69) is 10.3 Å². The molecule has 0 aromatic carbocycles. The van der Waals surface area contributed by atoms with Gasteiger partial charge >= 0.3 is 12.0 Å². The van der Waals surface area contributed by atoms with Crippen molar-refractivity contribution in [3.8, 4) is 5.88 Å². The van der Waals surface area contributed by atoms with E-state index in [4.69, 9.17) is 9.84 Å². The summed E-state index contributed by atoms with van der Waals surface area (Å²) >= 11 is 0. The maximum absolute atomic E-state index is 12.2. The molecule has 3 rings (SSSR count). The Balaban J connectivity index is 1.54. The molecule has 2 aliphatic rings. The Kier molecular flexibility index (Phi) is 5.17. The summed E-state index contributed by atoms with van der Waals surface area (Å²) in [7, 11) is 0. The van der Waals surface area contributed by atoms with E-state index >= 15 is 0 Å². The van der Waals surface area contributed by atoms with Gasteiger partial charge in [0.2, 0.25) is 5.88 Å². The minimum Gasteiger partial charge on any atom is -0.481 e. The van der Waals surface area contributed by atoms with Crippen LogP contribution in [0.3, 0.4) is 0 Å². The molecular formula is C17H23N3O4. The molecule has 1 atom stereocenters. The largest absolute Gasteiger partial charge is 0.481 e. The standard InChI is InChI=1S/C17H23N3O4/c21-16(22)13-7-9-20(11-13)17(23)19-10-12-4-3-8-18-15(12)24-14-5-1-2-6-14/h3-4,8,13-14H,1-2,5-7,9-11H2,(H,19,23)(H,21,22). The van der Waals surface area contributed by atoms with Gasteiger partial charge in [-0.2, -0.15) is 0 Å². The van der Waals surface area contributed by atoms with Gasteiger partial charge in [-0.05, 0) is 38.2 Å². The molecule has 1 aromatic heterocycles. The van der Waals surface area contributed by atoms with Gasteiger partial charge in [0, 0.05) is 31.4 Å². The Bertz CT molecular complexity index is 601. The van der Waals surface area contributed by atoms with E-state index in [0.29, 0.717) is 25.4 Å². The molecule has 130 valence electrons. The van der Waals surface area contributed by atoms with Gasteiger partial charge in [-0.1, -0.05) is 6.07 Å². The van der Waals surface area contributed by atoms with Gasteiger partial charge in [-0.15, -0.1) is 0 Å². The number of ether oxygens (including phenoxy) is 1. The first-order chi connectivity index (χ1) is 11.6. The fourth-order valence-corrected chi connectivity index (χ4v) is 3.26. The van der Waals surface area contributed by atoms with Crippen molar-refractivity contribution in [2.45, 2.75) is 44.8 Å². The second-order valence-corrected chi connectivity index (χ2v) is 6.42. The molecule has 2 fully saturated rings. The van der Waals surface area contributed by atoms with Gasteiger partial charge in [0.25, 0.3) is 0 Å². The number of nitrogens with one attached hydrogen (secondary N) is 1. The summed E-state index contributed by atoms with van der Waals surface area (Å²) in [6, 6.07) is 3.47. The zero-order valence-electron chi connectivity index (χ0n) is 13.6. The van der Waals surface area contributed by atoms with Gasteiger partial charge in [-0.25, -0.2) is 9.78 Å². The summed E-state index contributed by atoms with van der Waals surface area (Å²) in [4.78, 5) is 29.0. The van der Waals surface area contributed by atoms with E-state index in [1.807, 2.05) is 12.1 Å². The van der Waals surface area contributed by atoms with Crippen molar-refractivity contribution >= 4 is 12.0 Å². The number of urea groups is 1. The maximum atomic E-state index is 12.2. The van der Waals surface area contributed by atoms with Crippen molar-refractivity contribution < 1.29 is 19.4 Å². The number of likely N-dealkylation sites (tertiary alicyclic amines) is 1. The number of carbonyl (C=O) groups excluding carboxylic acids is 1. The predicted molar refractivity (Wildman–Crippen MR) is 86.7 cm³/mol. The van der Waals surface area contributed by atoms with Crippen LogP contribution in [-0.2, 0) is 11.3 Å². The smallest absolute Gasteiger partial charge is 0.317 e. The Morgan fingerprint density at radius 1 is 1.33 bits per heavy atom. The van der Waals surface area contributed by atoms with E-state index in [0.717, 1.165) is 18.4 Å². The van der Waals surface area contributed by atoms with E-state index in [1.165, 1.54) is 12.8 Å². The molecule has 1 saturated carbocycles. The normalized spacial score (nSPS) is 21.0. The molecule has 2 N–H and O–H groups in total. The molecule has 1 aliphatic carbocycles. The number of nitrogens with zero attached hydrogens (tertiary/aromatic N) is 2. The summed E-state index contributed by atoms with van der Waals surface area (Å²) in [5, 5.41) is 11.8. The molecule has 2 heterocycles. The lowest BCUT2D eigenvalue weighted by Crippen LogP contribution is -2.38. The Hall–Kier alpha value is -2.31. The molecule has 1 saturated heterocycles. The minimum atomic E-state index is -0.843. The Morgan fingerprint density at radius 2 is 2.12 bits per heavy atom. The first-order valence-electron chi connectivity index (χ1n) is 8.49. The zero-order chi connectivity index (χ0) is 16.9. The molecule has 7 heteroatoms. The number of aliphatic carboxylic acids is 1. The quantitative estimate of drug-likeness (QED) is 0.860. The van der Waals surface area contributed by atoms with E-state index in [9.17, 15) is 9.59 Å². The third-order valence-corrected chi connectivity index (χ3v) is 4.69. The van der Waals surface area contributed by atoms with Crippen LogP contribution in [0.1, 0.15) is 37.7 Å². The van der Waals surface area contributed by atoms with Crippen LogP contribution in [0.15, 0.2) is 18.3 Å². The van der Waals surface area contributed by atoms with Gasteiger partial charge < -0.3 is 20.1 Å². The highest BCUT2D eigenvalue weighted by molar-refractivity contribution is 5.77. The third kappa shape index (κ3) is 3.96. The average Bonchev–Trinajstić information content (AvgIpc) is 3.25. The van der Waals surface area contributed by atoms with Crippen LogP contribution < -0.4 is 10.1 Å². The Labute approximate surface area is 141 Å². The molecule has 0 bridgehead atoms. The zero-order valence-corrected chi connectivity index (χ0v) is 13.6. The minimum absolute atomic E-state index is 0.212. The molecule has 0 radical (unpaired) electrons. The van der Waals surface area contributed by atoms with Crippen molar-refractivity contribution in [2.75, 3.05) is 13.1 Å². The Morgan fingerprint density at radius 3 is 2.83 bits per heavy atom. The van der Waals surface area contributed by atoms with Crippen LogP contribution in [0.5, 0.6) is 5.88 Å². The lowest BCUT2D eigenvalue weighted by Gasteiger charge is -2.18. The van der Waals surface area contributed by atoms with Crippen LogP contribution in [0.2, 0.25) is 0 Å². The van der Waals surface area contributed by atoms with E-state index in [1.54, 1.807) is 11.1 Å². The second-order valence-electron chi connectivity index (χ2n) is 6.42. The van der Waals surface area contributed by atoms with Crippen molar-refractivity contribution in [1.29, 1.82) is 0 Å². The van der Waals surface area contributed by atoms with Crippen molar-refractivity contribution in [3.63, 3.8) is 0 Å². The van der Waals surface area contributed by atoms with Crippen LogP contribution >= 0.6 is 0 Å². The second kappa shape index (κ2) is 7.51. The molecule has 7 nitrogen and oxygen atoms in total. The predicted octanol–water partition coefficient (Wildman–Crippen LogP) is 2.02. The van der Waals surface area contributed by atoms with E-state index < -0.39 is 11.9 Å². The monoisotopic (exact) mass is 333 g/mol. The number of hydrogen-bond donors (Lipinski definition) is 2. The molecule has 2 amide bonds. The SMILES string of the molecule is O=C(O)C1CCN(C(=O)NCc2cccnc2OC2CCCC2)C1. The molecule has 1 aromatic rings. The van der Waals surface area contributed by atoms with Crippen LogP contribution in [0, 0.1) is 5.92 Å². The highest BCUT2D eigenvalue weighted by Crippen LogP contribution is 2.25. The third-order valence-electron chi connectivity index (χ3n) is 4.69. The first kappa shape index (κ1) is 16.5. The first-order valence-corrected chi connectivity index (χ1v) is 8.49. The van der Waals surface area contributed by atoms with Crippen molar-refractivity contribution in [2.24, 2.45) is 5.92 Å². The highest BCUT2D eigenvalue weighted by Gasteiger charge is 2.30. The fraction of sp³-hybridized carbons (Fsp3) is 0.588. The summed E-state index contributed by atoms with van der Waals surface area (Å²) in [5.74, 6) is -0.727. The number of carboxylic acids is 1. The number of amides is 2. The lowest BCUT2D eigenvalue weighted by molar-refractivity contribution is -0.141. The summed E-state index contributed by atoms with van der Waals surface area (Å²) < 4.78 is 5.96. The van der Waals surface area contributed by atoms with Crippen LogP contribution in [-0.4, -0.2) is 46.2 Å².